The molecule has 1 atom stereocenters. The van der Waals surface area contributed by atoms with Crippen LogP contribution in [0.2, 0.25) is 0 Å². The fourth-order valence-corrected chi connectivity index (χ4v) is 3.76. The molecule has 0 aromatic heterocycles. The van der Waals surface area contributed by atoms with Crippen LogP contribution in [0.25, 0.3) is 0 Å². The van der Waals surface area contributed by atoms with Crippen LogP contribution in [-0.2, 0) is 31.6 Å². The van der Waals surface area contributed by atoms with E-state index in [0.717, 1.165) is 6.07 Å². The first-order valence-electron chi connectivity index (χ1n) is 9.54. The Kier molecular flexibility index (Phi) is 8.74. The normalized spacial score (nSPS) is 13.5. The molecule has 0 aliphatic carbocycles. The van der Waals surface area contributed by atoms with Crippen molar-refractivity contribution in [3.8, 4) is 5.75 Å². The van der Waals surface area contributed by atoms with Gasteiger partial charge in [-0.3, -0.25) is 9.11 Å². The second-order valence-electron chi connectivity index (χ2n) is 7.04. The largest absolute Gasteiger partial charge is 0.497 e. The number of hydrogen-bond donors (Lipinski definition) is 2. The summed E-state index contributed by atoms with van der Waals surface area (Å²) in [5.74, 6) is 0.214. The van der Waals surface area contributed by atoms with E-state index in [-0.39, 0.29) is 18.0 Å². The zero-order valence-electron chi connectivity index (χ0n) is 18.8. The average molecular weight is 513 g/mol. The molecule has 14 heteroatoms. The first-order chi connectivity index (χ1) is 15.8. The van der Waals surface area contributed by atoms with Gasteiger partial charge in [-0.05, 0) is 43.7 Å². The van der Waals surface area contributed by atoms with Crippen LogP contribution in [-0.4, -0.2) is 46.2 Å². The summed E-state index contributed by atoms with van der Waals surface area (Å²) in [6, 6.07) is 6.12. The maximum atomic E-state index is 11.7. The van der Waals surface area contributed by atoms with Crippen LogP contribution in [0.4, 0.5) is 17.1 Å². The lowest BCUT2D eigenvalue weighted by Gasteiger charge is -2.10. The van der Waals surface area contributed by atoms with Gasteiger partial charge in [-0.25, -0.2) is 0 Å². The van der Waals surface area contributed by atoms with Crippen LogP contribution in [0, 0.1) is 6.92 Å². The van der Waals surface area contributed by atoms with E-state index in [1.807, 2.05) is 0 Å². The summed E-state index contributed by atoms with van der Waals surface area (Å²) in [6.07, 6.45) is 0. The maximum Gasteiger partial charge on any atom is 0.296 e. The number of benzene rings is 2. The smallest absolute Gasteiger partial charge is 0.296 e. The van der Waals surface area contributed by atoms with Gasteiger partial charge in [0.2, 0.25) is 0 Å². The quantitative estimate of drug-likeness (QED) is 0.340. The average Bonchev–Trinajstić information content (AvgIpc) is 2.76. The van der Waals surface area contributed by atoms with Crippen LogP contribution in [0.1, 0.15) is 18.1 Å². The molecular weight excluding hydrogens is 488 g/mol. The fourth-order valence-electron chi connectivity index (χ4n) is 2.64. The highest BCUT2D eigenvalue weighted by atomic mass is 32.2. The second-order valence-corrected chi connectivity index (χ2v) is 9.91. The highest BCUT2D eigenvalue weighted by Gasteiger charge is 2.19. The molecule has 0 aliphatic heterocycles. The Morgan fingerprint density at radius 3 is 2.21 bits per heavy atom. The van der Waals surface area contributed by atoms with Gasteiger partial charge in [-0.1, -0.05) is 6.58 Å². The molecule has 0 heterocycles. The summed E-state index contributed by atoms with van der Waals surface area (Å²) in [4.78, 5) is -0.968. The molecule has 0 bridgehead atoms. The number of rotatable bonds is 10. The molecular formula is C20H24N4O8S2. The van der Waals surface area contributed by atoms with Crippen molar-refractivity contribution < 1.29 is 35.4 Å². The molecule has 184 valence electrons. The number of hydrogen-bond acceptors (Lipinski definition) is 10. The van der Waals surface area contributed by atoms with E-state index in [9.17, 15) is 21.4 Å². The van der Waals surface area contributed by atoms with Gasteiger partial charge < -0.3 is 9.47 Å². The van der Waals surface area contributed by atoms with Crippen molar-refractivity contribution in [2.24, 2.45) is 20.5 Å². The number of ether oxygens (including phenoxy) is 2. The monoisotopic (exact) mass is 512 g/mol. The van der Waals surface area contributed by atoms with Gasteiger partial charge >= 0.3 is 0 Å². The molecule has 0 radical (unpaired) electrons. The van der Waals surface area contributed by atoms with Crippen molar-refractivity contribution in [2.45, 2.75) is 31.4 Å². The molecule has 2 rings (SSSR count). The van der Waals surface area contributed by atoms with Crippen molar-refractivity contribution in [1.29, 1.82) is 0 Å². The predicted octanol–water partition coefficient (Wildman–Crippen LogP) is 4.69. The number of aryl methyl sites for hydroxylation is 1. The minimum absolute atomic E-state index is 0.0997. The van der Waals surface area contributed by atoms with E-state index in [4.69, 9.17) is 14.0 Å². The topological polar surface area (TPSA) is 177 Å². The third-order valence-corrected chi connectivity index (χ3v) is 6.43. The summed E-state index contributed by atoms with van der Waals surface area (Å²) in [5, 5.41) is 16.0. The van der Waals surface area contributed by atoms with Gasteiger partial charge in [0.1, 0.15) is 22.4 Å². The summed E-state index contributed by atoms with van der Waals surface area (Å²) in [5.41, 5.74) is 1.73. The minimum atomic E-state index is -4.59. The van der Waals surface area contributed by atoms with Crippen LogP contribution in [0.15, 0.2) is 67.2 Å². The third kappa shape index (κ3) is 6.98. The molecule has 12 nitrogen and oxygen atoms in total. The molecule has 1 unspecified atom stereocenters. The molecule has 0 aliphatic rings. The zero-order chi connectivity index (χ0) is 25.7. The Hall–Kier alpha value is -3.04. The Morgan fingerprint density at radius 1 is 1.00 bits per heavy atom. The number of nitrogens with zero attached hydrogens (tertiary/aromatic N) is 4. The Balaban J connectivity index is 2.46. The zero-order valence-corrected chi connectivity index (χ0v) is 20.5. The minimum Gasteiger partial charge on any atom is -0.497 e. The van der Waals surface area contributed by atoms with Crippen LogP contribution < -0.4 is 4.74 Å². The van der Waals surface area contributed by atoms with E-state index >= 15 is 0 Å². The summed E-state index contributed by atoms with van der Waals surface area (Å²) in [7, 11) is -6.24. The van der Waals surface area contributed by atoms with Gasteiger partial charge in [-0.15, -0.1) is 5.11 Å². The maximum absolute atomic E-state index is 11.7. The van der Waals surface area contributed by atoms with Gasteiger partial charge in [0.25, 0.3) is 20.2 Å². The van der Waals surface area contributed by atoms with Gasteiger partial charge in [0, 0.05) is 18.7 Å². The molecule has 2 aromatic rings. The highest BCUT2D eigenvalue weighted by molar-refractivity contribution is 7.89. The molecule has 0 amide bonds. The lowest BCUT2D eigenvalue weighted by molar-refractivity contribution is 0.185. The van der Waals surface area contributed by atoms with Crippen LogP contribution >= 0.6 is 0 Å². The first kappa shape index (κ1) is 27.2. The summed E-state index contributed by atoms with van der Waals surface area (Å²) in [6.45, 7) is 6.51. The van der Waals surface area contributed by atoms with E-state index < -0.39 is 36.1 Å². The first-order valence-corrected chi connectivity index (χ1v) is 12.4. The van der Waals surface area contributed by atoms with E-state index in [2.05, 4.69) is 27.0 Å². The lowest BCUT2D eigenvalue weighted by Crippen LogP contribution is -2.11. The van der Waals surface area contributed by atoms with Crippen molar-refractivity contribution >= 4 is 37.3 Å². The number of methoxy groups -OCH3 is 2. The highest BCUT2D eigenvalue weighted by Crippen LogP contribution is 2.34. The summed E-state index contributed by atoms with van der Waals surface area (Å²) < 4.78 is 74.6. The fraction of sp³-hybridized carbons (Fsp3) is 0.300. The molecule has 0 fully saturated rings. The van der Waals surface area contributed by atoms with Crippen molar-refractivity contribution in [2.75, 3.05) is 14.2 Å². The number of azo groups is 2. The predicted molar refractivity (Wildman–Crippen MR) is 124 cm³/mol. The van der Waals surface area contributed by atoms with Crippen LogP contribution in [0.5, 0.6) is 5.75 Å². The van der Waals surface area contributed by atoms with Crippen molar-refractivity contribution in [1.82, 2.24) is 0 Å². The van der Waals surface area contributed by atoms with E-state index in [1.54, 1.807) is 19.1 Å². The van der Waals surface area contributed by atoms with E-state index in [1.165, 1.54) is 33.3 Å². The Bertz CT molecular complexity index is 1350. The molecule has 2 N–H and O–H groups in total. The molecule has 0 saturated heterocycles. The molecule has 0 saturated carbocycles. The van der Waals surface area contributed by atoms with Crippen LogP contribution in [0.3, 0.4) is 0 Å². The Morgan fingerprint density at radius 2 is 1.65 bits per heavy atom. The molecule has 2 aromatic carbocycles. The van der Waals surface area contributed by atoms with Gasteiger partial charge in [-0.2, -0.15) is 32.2 Å². The molecule has 34 heavy (non-hydrogen) atoms. The van der Waals surface area contributed by atoms with E-state index in [0.29, 0.717) is 22.5 Å². The second kappa shape index (κ2) is 10.9. The van der Waals surface area contributed by atoms with Crippen molar-refractivity contribution in [3.63, 3.8) is 0 Å². The standard InChI is InChI=1S/C20H24N4O8S2/c1-12-8-19(24-21-13(2)14(3)33(25,26)27)15(11-31-4)9-18(12)23-22-17-7-6-16(32-5)10-20(17)34(28,29)30/h6-10,13H,3,11H2,1-2,4-5H3,(H,25,26,27)(H,28,29,30). The third-order valence-electron chi connectivity index (χ3n) is 4.54. The van der Waals surface area contributed by atoms with Crippen molar-refractivity contribution in [3.05, 3.63) is 52.9 Å². The lowest BCUT2D eigenvalue weighted by atomic mass is 10.1. The van der Waals surface area contributed by atoms with Gasteiger partial charge in [0.15, 0.2) is 0 Å². The Labute approximate surface area is 197 Å². The SMILES string of the molecule is C=C(C(C)N=Nc1cc(C)c(N=Nc2ccc(OC)cc2S(=O)(=O)O)cc1COC)S(=O)(=O)O. The summed E-state index contributed by atoms with van der Waals surface area (Å²) >= 11 is 0. The molecule has 0 spiro atoms. The van der Waals surface area contributed by atoms with Gasteiger partial charge in [0.05, 0.1) is 30.0 Å².